The van der Waals surface area contributed by atoms with E-state index in [1.54, 1.807) is 0 Å². The molecular formula is C11H25NO. The van der Waals surface area contributed by atoms with Gasteiger partial charge in [-0.05, 0) is 26.4 Å². The van der Waals surface area contributed by atoms with E-state index >= 15 is 0 Å². The fourth-order valence-corrected chi connectivity index (χ4v) is 1.35. The molecule has 0 spiro atoms. The summed E-state index contributed by atoms with van der Waals surface area (Å²) in [5, 5.41) is 0. The summed E-state index contributed by atoms with van der Waals surface area (Å²) in [5.74, 6) is 0. The van der Waals surface area contributed by atoms with E-state index in [0.29, 0.717) is 0 Å². The van der Waals surface area contributed by atoms with E-state index in [2.05, 4.69) is 18.7 Å². The Labute approximate surface area is 83.3 Å². The third-order valence-corrected chi connectivity index (χ3v) is 2.28. The highest BCUT2D eigenvalue weighted by Gasteiger charge is 2.00. The third-order valence-electron chi connectivity index (χ3n) is 2.28. The SMILES string of the molecule is CCCCCN(CC)CCOCC. The standard InChI is InChI=1S/C11H25NO/c1-4-7-8-9-12(5-2)10-11-13-6-3/h4-11H2,1-3H3. The highest BCUT2D eigenvalue weighted by Crippen LogP contribution is 1.97. The molecule has 0 aliphatic rings. The summed E-state index contributed by atoms with van der Waals surface area (Å²) >= 11 is 0. The Morgan fingerprint density at radius 1 is 1.00 bits per heavy atom. The molecule has 0 amide bonds. The van der Waals surface area contributed by atoms with Crippen LogP contribution >= 0.6 is 0 Å². The molecule has 0 aliphatic heterocycles. The molecule has 0 aromatic rings. The van der Waals surface area contributed by atoms with Crippen molar-refractivity contribution in [1.29, 1.82) is 0 Å². The smallest absolute Gasteiger partial charge is 0.0593 e. The Bertz CT molecular complexity index is 86.1. The fraction of sp³-hybridized carbons (Fsp3) is 1.00. The van der Waals surface area contributed by atoms with Gasteiger partial charge in [0.05, 0.1) is 6.61 Å². The molecule has 0 aromatic carbocycles. The zero-order chi connectivity index (χ0) is 9.94. The Hall–Kier alpha value is -0.0800. The Morgan fingerprint density at radius 2 is 1.77 bits per heavy atom. The normalized spacial score (nSPS) is 11.1. The molecule has 0 aromatic heterocycles. The van der Waals surface area contributed by atoms with Crippen molar-refractivity contribution in [2.75, 3.05) is 32.8 Å². The van der Waals surface area contributed by atoms with Crippen LogP contribution in [0.3, 0.4) is 0 Å². The minimum absolute atomic E-state index is 0.840. The molecule has 13 heavy (non-hydrogen) atoms. The first-order valence-corrected chi connectivity index (χ1v) is 5.65. The van der Waals surface area contributed by atoms with Gasteiger partial charge in [-0.1, -0.05) is 26.7 Å². The van der Waals surface area contributed by atoms with Gasteiger partial charge < -0.3 is 9.64 Å². The monoisotopic (exact) mass is 187 g/mol. The summed E-state index contributed by atoms with van der Waals surface area (Å²) in [6.07, 6.45) is 3.99. The second kappa shape index (κ2) is 10.0. The fourth-order valence-electron chi connectivity index (χ4n) is 1.35. The lowest BCUT2D eigenvalue weighted by atomic mass is 10.2. The molecule has 80 valence electrons. The van der Waals surface area contributed by atoms with Crippen LogP contribution < -0.4 is 0 Å². The van der Waals surface area contributed by atoms with Gasteiger partial charge in [-0.25, -0.2) is 0 Å². The number of hydrogen-bond donors (Lipinski definition) is 0. The number of rotatable bonds is 9. The van der Waals surface area contributed by atoms with E-state index in [9.17, 15) is 0 Å². The zero-order valence-corrected chi connectivity index (χ0v) is 9.51. The molecule has 0 heterocycles. The first kappa shape index (κ1) is 12.9. The van der Waals surface area contributed by atoms with Gasteiger partial charge in [0.2, 0.25) is 0 Å². The second-order valence-electron chi connectivity index (χ2n) is 3.34. The summed E-state index contributed by atoms with van der Waals surface area (Å²) in [4.78, 5) is 2.46. The van der Waals surface area contributed by atoms with Gasteiger partial charge >= 0.3 is 0 Å². The van der Waals surface area contributed by atoms with E-state index in [0.717, 1.165) is 26.3 Å². The van der Waals surface area contributed by atoms with Crippen LogP contribution in [-0.4, -0.2) is 37.7 Å². The topological polar surface area (TPSA) is 12.5 Å². The number of hydrogen-bond acceptors (Lipinski definition) is 2. The molecule has 2 heteroatoms. The lowest BCUT2D eigenvalue weighted by Gasteiger charge is -2.19. The predicted octanol–water partition coefficient (Wildman–Crippen LogP) is 2.54. The van der Waals surface area contributed by atoms with Gasteiger partial charge in [0.1, 0.15) is 0 Å². The van der Waals surface area contributed by atoms with Crippen LogP contribution in [0.5, 0.6) is 0 Å². The highest BCUT2D eigenvalue weighted by atomic mass is 16.5. The average Bonchev–Trinajstić information content (AvgIpc) is 2.16. The van der Waals surface area contributed by atoms with Gasteiger partial charge in [-0.15, -0.1) is 0 Å². The van der Waals surface area contributed by atoms with Gasteiger partial charge in [-0.3, -0.25) is 0 Å². The van der Waals surface area contributed by atoms with E-state index < -0.39 is 0 Å². The van der Waals surface area contributed by atoms with Crippen LogP contribution in [-0.2, 0) is 4.74 Å². The Morgan fingerprint density at radius 3 is 2.31 bits per heavy atom. The van der Waals surface area contributed by atoms with Crippen molar-refractivity contribution in [3.63, 3.8) is 0 Å². The van der Waals surface area contributed by atoms with Crippen molar-refractivity contribution in [1.82, 2.24) is 4.90 Å². The molecule has 0 aliphatic carbocycles. The van der Waals surface area contributed by atoms with Crippen LogP contribution in [0, 0.1) is 0 Å². The van der Waals surface area contributed by atoms with Crippen molar-refractivity contribution in [2.45, 2.75) is 40.0 Å². The van der Waals surface area contributed by atoms with Gasteiger partial charge in [0.15, 0.2) is 0 Å². The van der Waals surface area contributed by atoms with Gasteiger partial charge in [-0.2, -0.15) is 0 Å². The largest absolute Gasteiger partial charge is 0.380 e. The third kappa shape index (κ3) is 8.26. The van der Waals surface area contributed by atoms with Crippen molar-refractivity contribution in [2.24, 2.45) is 0 Å². The zero-order valence-electron chi connectivity index (χ0n) is 9.51. The maximum atomic E-state index is 5.33. The molecule has 0 saturated carbocycles. The van der Waals surface area contributed by atoms with E-state index in [-0.39, 0.29) is 0 Å². The summed E-state index contributed by atoms with van der Waals surface area (Å²) in [5.41, 5.74) is 0. The first-order chi connectivity index (χ1) is 6.35. The lowest BCUT2D eigenvalue weighted by molar-refractivity contribution is 0.114. The molecular weight excluding hydrogens is 162 g/mol. The minimum atomic E-state index is 0.840. The summed E-state index contributed by atoms with van der Waals surface area (Å²) < 4.78 is 5.33. The molecule has 0 atom stereocenters. The molecule has 0 unspecified atom stereocenters. The predicted molar refractivity (Wildman–Crippen MR) is 58.1 cm³/mol. The van der Waals surface area contributed by atoms with E-state index in [1.807, 2.05) is 6.92 Å². The Balaban J connectivity index is 3.28. The summed E-state index contributed by atoms with van der Waals surface area (Å²) in [6, 6.07) is 0. The molecule has 0 radical (unpaired) electrons. The quantitative estimate of drug-likeness (QED) is 0.514. The summed E-state index contributed by atoms with van der Waals surface area (Å²) in [7, 11) is 0. The Kier molecular flexibility index (Phi) is 9.94. The van der Waals surface area contributed by atoms with Crippen molar-refractivity contribution in [3.8, 4) is 0 Å². The number of ether oxygens (including phenoxy) is 1. The van der Waals surface area contributed by atoms with Gasteiger partial charge in [0.25, 0.3) is 0 Å². The van der Waals surface area contributed by atoms with E-state index in [4.69, 9.17) is 4.74 Å². The minimum Gasteiger partial charge on any atom is -0.380 e. The maximum absolute atomic E-state index is 5.33. The molecule has 0 fully saturated rings. The lowest BCUT2D eigenvalue weighted by Crippen LogP contribution is -2.28. The highest BCUT2D eigenvalue weighted by molar-refractivity contribution is 4.54. The van der Waals surface area contributed by atoms with Crippen LogP contribution in [0.2, 0.25) is 0 Å². The maximum Gasteiger partial charge on any atom is 0.0593 e. The average molecular weight is 187 g/mol. The summed E-state index contributed by atoms with van der Waals surface area (Å²) in [6.45, 7) is 11.7. The van der Waals surface area contributed by atoms with Gasteiger partial charge in [0, 0.05) is 13.2 Å². The molecule has 0 rings (SSSR count). The van der Waals surface area contributed by atoms with Crippen LogP contribution in [0.1, 0.15) is 40.0 Å². The molecule has 0 bridgehead atoms. The van der Waals surface area contributed by atoms with Crippen LogP contribution in [0.4, 0.5) is 0 Å². The number of unbranched alkanes of at least 4 members (excludes halogenated alkanes) is 2. The van der Waals surface area contributed by atoms with Crippen molar-refractivity contribution >= 4 is 0 Å². The van der Waals surface area contributed by atoms with Crippen molar-refractivity contribution < 1.29 is 4.74 Å². The number of nitrogens with zero attached hydrogens (tertiary/aromatic N) is 1. The molecule has 0 N–H and O–H groups in total. The van der Waals surface area contributed by atoms with Crippen molar-refractivity contribution in [3.05, 3.63) is 0 Å². The molecule has 0 saturated heterocycles. The van der Waals surface area contributed by atoms with E-state index in [1.165, 1.54) is 25.8 Å². The first-order valence-electron chi connectivity index (χ1n) is 5.65. The second-order valence-corrected chi connectivity index (χ2v) is 3.34. The van der Waals surface area contributed by atoms with Crippen LogP contribution in [0.15, 0.2) is 0 Å². The molecule has 2 nitrogen and oxygen atoms in total. The van der Waals surface area contributed by atoms with Crippen LogP contribution in [0.25, 0.3) is 0 Å². The number of likely N-dealkylation sites (N-methyl/N-ethyl adjacent to an activating group) is 1.